The number of hydrogen-bond acceptors (Lipinski definition) is 6. The molecule has 0 saturated heterocycles. The lowest BCUT2D eigenvalue weighted by molar-refractivity contribution is 0.101. The van der Waals surface area contributed by atoms with Crippen molar-refractivity contribution in [1.82, 2.24) is 14.6 Å². The van der Waals surface area contributed by atoms with Gasteiger partial charge in [-0.1, -0.05) is 54.1 Å². The van der Waals surface area contributed by atoms with Crippen LogP contribution in [0.5, 0.6) is 0 Å². The van der Waals surface area contributed by atoms with Crippen molar-refractivity contribution in [3.63, 3.8) is 0 Å². The Morgan fingerprint density at radius 2 is 1.81 bits per heavy atom. The van der Waals surface area contributed by atoms with E-state index in [4.69, 9.17) is 11.6 Å². The summed E-state index contributed by atoms with van der Waals surface area (Å²) in [6, 6.07) is 16.9. The van der Waals surface area contributed by atoms with Crippen LogP contribution in [0.3, 0.4) is 0 Å². The Morgan fingerprint density at radius 3 is 2.56 bits per heavy atom. The summed E-state index contributed by atoms with van der Waals surface area (Å²) in [5.41, 5.74) is 5.50. The molecule has 1 N–H and O–H groups in total. The highest BCUT2D eigenvalue weighted by Gasteiger charge is 2.19. The first kappa shape index (κ1) is 20.6. The zero-order valence-electron chi connectivity index (χ0n) is 16.7. The van der Waals surface area contributed by atoms with Gasteiger partial charge in [0.25, 0.3) is 11.5 Å². The number of nitrogens with one attached hydrogen (secondary N) is 1. The van der Waals surface area contributed by atoms with Crippen LogP contribution in [0, 0.1) is 6.92 Å². The van der Waals surface area contributed by atoms with E-state index in [0.717, 1.165) is 21.4 Å². The average molecular weight is 479 g/mol. The highest BCUT2D eigenvalue weighted by Crippen LogP contribution is 2.31. The maximum absolute atomic E-state index is 13.2. The second-order valence-corrected chi connectivity index (χ2v) is 9.29. The average Bonchev–Trinajstić information content (AvgIpc) is 3.41. The molecule has 5 rings (SSSR count). The zero-order valence-corrected chi connectivity index (χ0v) is 19.1. The number of halogens is 1. The van der Waals surface area contributed by atoms with Gasteiger partial charge in [-0.05, 0) is 24.6 Å². The molecule has 158 valence electrons. The number of nitrogens with zero attached hydrogens (tertiary/aromatic N) is 3. The molecule has 0 atom stereocenters. The topological polar surface area (TPSA) is 76.9 Å². The molecule has 32 heavy (non-hydrogen) atoms. The van der Waals surface area contributed by atoms with E-state index in [-0.39, 0.29) is 5.56 Å². The molecule has 0 aliphatic rings. The van der Waals surface area contributed by atoms with E-state index in [2.05, 4.69) is 15.4 Å². The Hall–Kier alpha value is -3.33. The van der Waals surface area contributed by atoms with Crippen LogP contribution in [0.15, 0.2) is 71.1 Å². The molecule has 5 aromatic rings. The number of thiazole rings is 1. The number of hydrogen-bond donors (Lipinski definition) is 1. The molecule has 0 radical (unpaired) electrons. The fourth-order valence-corrected chi connectivity index (χ4v) is 5.32. The van der Waals surface area contributed by atoms with E-state index in [1.165, 1.54) is 29.0 Å². The number of aryl methyl sites for hydroxylation is 1. The number of aromatic nitrogens is 3. The first-order valence-corrected chi connectivity index (χ1v) is 11.7. The Balaban J connectivity index is 1.49. The molecule has 0 spiro atoms. The quantitative estimate of drug-likeness (QED) is 0.365. The van der Waals surface area contributed by atoms with Crippen LogP contribution < -0.4 is 11.0 Å². The third-order valence-electron chi connectivity index (χ3n) is 4.90. The summed E-state index contributed by atoms with van der Waals surface area (Å²) in [4.78, 5) is 36.1. The van der Waals surface area contributed by atoms with E-state index in [1.807, 2.05) is 47.8 Å². The molecule has 6 nitrogen and oxygen atoms in total. The van der Waals surface area contributed by atoms with Gasteiger partial charge < -0.3 is 0 Å². The van der Waals surface area contributed by atoms with Crippen LogP contribution in [0.1, 0.15) is 15.4 Å². The maximum Gasteiger partial charge on any atom is 0.282 e. The normalized spacial score (nSPS) is 11.1. The number of amides is 1. The van der Waals surface area contributed by atoms with Crippen LogP contribution in [0.2, 0.25) is 5.02 Å². The monoisotopic (exact) mass is 478 g/mol. The van der Waals surface area contributed by atoms with E-state index in [9.17, 15) is 9.59 Å². The van der Waals surface area contributed by atoms with Gasteiger partial charge in [0.1, 0.15) is 21.0 Å². The second-order valence-electron chi connectivity index (χ2n) is 7.00. The summed E-state index contributed by atoms with van der Waals surface area (Å²) >= 11 is 8.61. The van der Waals surface area contributed by atoms with Gasteiger partial charge in [0.2, 0.25) is 0 Å². The molecule has 0 bridgehead atoms. The van der Waals surface area contributed by atoms with Gasteiger partial charge in [0.15, 0.2) is 0 Å². The molecule has 2 aromatic carbocycles. The van der Waals surface area contributed by atoms with Gasteiger partial charge in [-0.25, -0.2) is 14.6 Å². The summed E-state index contributed by atoms with van der Waals surface area (Å²) in [7, 11) is 0. The predicted octanol–water partition coefficient (Wildman–Crippen LogP) is 5.59. The second kappa shape index (κ2) is 8.31. The summed E-state index contributed by atoms with van der Waals surface area (Å²) < 4.78 is 1.13. The first-order valence-electron chi connectivity index (χ1n) is 9.60. The van der Waals surface area contributed by atoms with Gasteiger partial charge in [0.05, 0.1) is 11.1 Å². The van der Waals surface area contributed by atoms with Crippen molar-refractivity contribution in [2.24, 2.45) is 0 Å². The number of benzene rings is 2. The molecule has 3 heterocycles. The molecule has 0 unspecified atom stereocenters. The van der Waals surface area contributed by atoms with Gasteiger partial charge in [0, 0.05) is 21.5 Å². The Morgan fingerprint density at radius 1 is 1.06 bits per heavy atom. The minimum absolute atomic E-state index is 0.330. The number of carbonyl (C=O) groups excluding carboxylic acids is 1. The van der Waals surface area contributed by atoms with E-state index in [1.54, 1.807) is 19.1 Å². The summed E-state index contributed by atoms with van der Waals surface area (Å²) in [6.45, 7) is 1.77. The van der Waals surface area contributed by atoms with Gasteiger partial charge in [-0.15, -0.1) is 22.7 Å². The van der Waals surface area contributed by atoms with Crippen molar-refractivity contribution in [2.75, 3.05) is 5.43 Å². The van der Waals surface area contributed by atoms with Crippen LogP contribution >= 0.6 is 34.3 Å². The minimum atomic E-state index is -0.417. The SMILES string of the molecule is Cc1nc(-c2ccc(Cl)cc2)sc1C(=O)Nn1cnc2scc(-c3ccccc3)c2c1=O. The molecule has 1 amide bonds. The lowest BCUT2D eigenvalue weighted by Crippen LogP contribution is -2.33. The number of rotatable bonds is 4. The summed E-state index contributed by atoms with van der Waals surface area (Å²) in [5, 5.41) is 3.72. The molecular weight excluding hydrogens is 464 g/mol. The summed E-state index contributed by atoms with van der Waals surface area (Å²) in [5.74, 6) is -0.417. The number of thiophene rings is 1. The van der Waals surface area contributed by atoms with Crippen LogP contribution in [0.4, 0.5) is 0 Å². The third kappa shape index (κ3) is 3.73. The van der Waals surface area contributed by atoms with Gasteiger partial charge >= 0.3 is 0 Å². The molecule has 9 heteroatoms. The zero-order chi connectivity index (χ0) is 22.2. The third-order valence-corrected chi connectivity index (χ3v) is 7.24. The molecule has 0 fully saturated rings. The number of fused-ring (bicyclic) bond motifs is 1. The standard InChI is InChI=1S/C23H15ClN4O2S2/c1-13-19(32-21(26-13)15-7-9-16(24)10-8-15)20(29)27-28-12-25-22-18(23(28)30)17(11-31-22)14-5-3-2-4-6-14/h2-12H,1H3,(H,27,29). The lowest BCUT2D eigenvalue weighted by atomic mass is 10.1. The molecule has 3 aromatic heterocycles. The van der Waals surface area contributed by atoms with Crippen LogP contribution in [0.25, 0.3) is 31.9 Å². The molecular formula is C23H15ClN4O2S2. The highest BCUT2D eigenvalue weighted by molar-refractivity contribution is 7.17. The van der Waals surface area contributed by atoms with Crippen molar-refractivity contribution in [1.29, 1.82) is 0 Å². The highest BCUT2D eigenvalue weighted by atomic mass is 35.5. The smallest absolute Gasteiger partial charge is 0.267 e. The maximum atomic E-state index is 13.2. The Kier molecular flexibility index (Phi) is 5.34. The van der Waals surface area contributed by atoms with Crippen LogP contribution in [-0.2, 0) is 0 Å². The number of carbonyl (C=O) groups is 1. The fraction of sp³-hybridized carbons (Fsp3) is 0.0435. The molecule has 0 saturated carbocycles. The van der Waals surface area contributed by atoms with Gasteiger partial charge in [-0.2, -0.15) is 0 Å². The molecule has 0 aliphatic heterocycles. The van der Waals surface area contributed by atoms with Crippen molar-refractivity contribution < 1.29 is 4.79 Å². The fourth-order valence-electron chi connectivity index (χ4n) is 3.33. The van der Waals surface area contributed by atoms with Gasteiger partial charge in [-0.3, -0.25) is 15.0 Å². The molecule has 0 aliphatic carbocycles. The van der Waals surface area contributed by atoms with Crippen molar-refractivity contribution in [3.8, 4) is 21.7 Å². The van der Waals surface area contributed by atoms with E-state index in [0.29, 0.717) is 30.8 Å². The first-order chi connectivity index (χ1) is 15.5. The summed E-state index contributed by atoms with van der Waals surface area (Å²) in [6.07, 6.45) is 1.34. The Labute approximate surface area is 195 Å². The van der Waals surface area contributed by atoms with Crippen LogP contribution in [-0.4, -0.2) is 20.6 Å². The van der Waals surface area contributed by atoms with Crippen molar-refractivity contribution >= 4 is 50.4 Å². The largest absolute Gasteiger partial charge is 0.282 e. The van der Waals surface area contributed by atoms with Crippen molar-refractivity contribution in [3.05, 3.63) is 92.3 Å². The Bertz CT molecular complexity index is 1510. The van der Waals surface area contributed by atoms with E-state index < -0.39 is 5.91 Å². The van der Waals surface area contributed by atoms with E-state index >= 15 is 0 Å². The van der Waals surface area contributed by atoms with Crippen molar-refractivity contribution in [2.45, 2.75) is 6.92 Å². The predicted molar refractivity (Wildman–Crippen MR) is 130 cm³/mol. The lowest BCUT2D eigenvalue weighted by Gasteiger charge is -2.07. The minimum Gasteiger partial charge on any atom is -0.267 e.